The van der Waals surface area contributed by atoms with Crippen LogP contribution in [0.4, 0.5) is 17.1 Å². The van der Waals surface area contributed by atoms with Gasteiger partial charge in [0.2, 0.25) is 0 Å². The lowest BCUT2D eigenvalue weighted by Crippen LogP contribution is -2.24. The number of hydrogen-bond donors (Lipinski definition) is 1. The van der Waals surface area contributed by atoms with Crippen LogP contribution in [0.15, 0.2) is 18.2 Å². The minimum absolute atomic E-state index is 0.844. The summed E-state index contributed by atoms with van der Waals surface area (Å²) in [6.45, 7) is 12.7. The van der Waals surface area contributed by atoms with E-state index in [9.17, 15) is 0 Å². The Morgan fingerprint density at radius 2 is 1.12 bits per heavy atom. The van der Waals surface area contributed by atoms with Crippen molar-refractivity contribution in [1.29, 1.82) is 0 Å². The maximum Gasteiger partial charge on any atom is 0.0407 e. The van der Waals surface area contributed by atoms with Crippen molar-refractivity contribution in [2.45, 2.75) is 27.7 Å². The number of rotatable bonds is 6. The van der Waals surface area contributed by atoms with Crippen LogP contribution in [0, 0.1) is 0 Å². The van der Waals surface area contributed by atoms with Crippen LogP contribution in [0.3, 0.4) is 0 Å². The molecule has 0 bridgehead atoms. The van der Waals surface area contributed by atoms with E-state index in [1.165, 1.54) is 11.4 Å². The molecule has 0 saturated heterocycles. The first-order valence-electron chi connectivity index (χ1n) is 6.56. The highest BCUT2D eigenvalue weighted by Crippen LogP contribution is 2.26. The molecule has 0 aliphatic heterocycles. The highest BCUT2D eigenvalue weighted by atomic mass is 15.1. The minimum Gasteiger partial charge on any atom is -0.399 e. The van der Waals surface area contributed by atoms with Gasteiger partial charge in [0.05, 0.1) is 0 Å². The number of nitrogens with zero attached hydrogens (tertiary/aromatic N) is 2. The molecule has 0 heterocycles. The van der Waals surface area contributed by atoms with E-state index in [-0.39, 0.29) is 0 Å². The third kappa shape index (κ3) is 3.29. The first-order chi connectivity index (χ1) is 8.15. The Hall–Kier alpha value is -1.38. The van der Waals surface area contributed by atoms with Crippen LogP contribution in [-0.2, 0) is 0 Å². The summed E-state index contributed by atoms with van der Waals surface area (Å²) in [7, 11) is 0. The van der Waals surface area contributed by atoms with Gasteiger partial charge in [-0.3, -0.25) is 0 Å². The van der Waals surface area contributed by atoms with E-state index in [0.717, 1.165) is 31.9 Å². The molecule has 0 saturated carbocycles. The van der Waals surface area contributed by atoms with Gasteiger partial charge in [-0.2, -0.15) is 0 Å². The summed E-state index contributed by atoms with van der Waals surface area (Å²) < 4.78 is 0. The van der Waals surface area contributed by atoms with Crippen molar-refractivity contribution in [3.8, 4) is 0 Å². The number of nitrogen functional groups attached to an aromatic ring is 1. The van der Waals surface area contributed by atoms with Crippen molar-refractivity contribution in [2.75, 3.05) is 41.7 Å². The van der Waals surface area contributed by atoms with Crippen LogP contribution < -0.4 is 15.5 Å². The van der Waals surface area contributed by atoms with E-state index in [4.69, 9.17) is 5.73 Å². The summed E-state index contributed by atoms with van der Waals surface area (Å²) in [6, 6.07) is 6.34. The van der Waals surface area contributed by atoms with Gasteiger partial charge < -0.3 is 15.5 Å². The van der Waals surface area contributed by atoms with Crippen molar-refractivity contribution in [1.82, 2.24) is 0 Å². The molecule has 0 spiro atoms. The first-order valence-corrected chi connectivity index (χ1v) is 6.56. The summed E-state index contributed by atoms with van der Waals surface area (Å²) in [5, 5.41) is 0. The Kier molecular flexibility index (Phi) is 5.13. The zero-order chi connectivity index (χ0) is 12.8. The molecule has 0 aromatic heterocycles. The third-order valence-electron chi connectivity index (χ3n) is 3.18. The van der Waals surface area contributed by atoms with Gasteiger partial charge in [0, 0.05) is 43.2 Å². The van der Waals surface area contributed by atoms with E-state index >= 15 is 0 Å². The van der Waals surface area contributed by atoms with Crippen molar-refractivity contribution < 1.29 is 0 Å². The summed E-state index contributed by atoms with van der Waals surface area (Å²) in [5.41, 5.74) is 9.28. The number of benzene rings is 1. The Labute approximate surface area is 105 Å². The molecule has 0 atom stereocenters. The molecule has 0 aliphatic carbocycles. The van der Waals surface area contributed by atoms with Crippen molar-refractivity contribution in [3.05, 3.63) is 18.2 Å². The van der Waals surface area contributed by atoms with E-state index in [1.807, 2.05) is 0 Å². The monoisotopic (exact) mass is 235 g/mol. The lowest BCUT2D eigenvalue weighted by Gasteiger charge is -2.26. The normalized spacial score (nSPS) is 10.4. The fourth-order valence-corrected chi connectivity index (χ4v) is 2.16. The molecule has 0 amide bonds. The largest absolute Gasteiger partial charge is 0.399 e. The molecule has 0 fully saturated rings. The van der Waals surface area contributed by atoms with E-state index < -0.39 is 0 Å². The standard InChI is InChI=1S/C14H25N3/c1-5-16(6-2)13-9-12(15)10-14(11-13)17(7-3)8-4/h9-11H,5-8,15H2,1-4H3. The van der Waals surface area contributed by atoms with Gasteiger partial charge in [-0.15, -0.1) is 0 Å². The van der Waals surface area contributed by atoms with Gasteiger partial charge in [-0.25, -0.2) is 0 Å². The van der Waals surface area contributed by atoms with Gasteiger partial charge in [0.25, 0.3) is 0 Å². The highest BCUT2D eigenvalue weighted by molar-refractivity contribution is 5.67. The van der Waals surface area contributed by atoms with Crippen LogP contribution in [0.5, 0.6) is 0 Å². The zero-order valence-electron chi connectivity index (χ0n) is 11.5. The minimum atomic E-state index is 0.844. The average Bonchev–Trinajstić information content (AvgIpc) is 2.31. The van der Waals surface area contributed by atoms with E-state index in [0.29, 0.717) is 0 Å². The van der Waals surface area contributed by atoms with Gasteiger partial charge in [0.15, 0.2) is 0 Å². The van der Waals surface area contributed by atoms with Crippen molar-refractivity contribution in [3.63, 3.8) is 0 Å². The van der Waals surface area contributed by atoms with Crippen LogP contribution in [0.1, 0.15) is 27.7 Å². The number of hydrogen-bond acceptors (Lipinski definition) is 3. The fourth-order valence-electron chi connectivity index (χ4n) is 2.16. The van der Waals surface area contributed by atoms with Gasteiger partial charge in [0.1, 0.15) is 0 Å². The Morgan fingerprint density at radius 1 is 0.765 bits per heavy atom. The SMILES string of the molecule is CCN(CC)c1cc(N)cc(N(CC)CC)c1. The Morgan fingerprint density at radius 3 is 1.41 bits per heavy atom. The molecule has 17 heavy (non-hydrogen) atoms. The number of nitrogens with two attached hydrogens (primary N) is 1. The topological polar surface area (TPSA) is 32.5 Å². The summed E-state index contributed by atoms with van der Waals surface area (Å²) in [4.78, 5) is 4.65. The highest BCUT2D eigenvalue weighted by Gasteiger charge is 2.08. The van der Waals surface area contributed by atoms with Crippen LogP contribution in [-0.4, -0.2) is 26.2 Å². The molecule has 1 aromatic rings. The maximum absolute atomic E-state index is 6.00. The molecular weight excluding hydrogens is 210 g/mol. The quantitative estimate of drug-likeness (QED) is 0.769. The van der Waals surface area contributed by atoms with Gasteiger partial charge >= 0.3 is 0 Å². The second-order valence-electron chi connectivity index (χ2n) is 4.13. The van der Waals surface area contributed by atoms with Crippen LogP contribution >= 0.6 is 0 Å². The molecular formula is C14H25N3. The molecule has 0 aliphatic rings. The molecule has 1 rings (SSSR count). The maximum atomic E-state index is 6.00. The second-order valence-corrected chi connectivity index (χ2v) is 4.13. The molecule has 2 N–H and O–H groups in total. The molecule has 3 heteroatoms. The van der Waals surface area contributed by atoms with Crippen LogP contribution in [0.25, 0.3) is 0 Å². The number of anilines is 3. The lowest BCUT2D eigenvalue weighted by atomic mass is 10.2. The predicted octanol–water partition coefficient (Wildman–Crippen LogP) is 2.96. The van der Waals surface area contributed by atoms with E-state index in [1.54, 1.807) is 0 Å². The predicted molar refractivity (Wildman–Crippen MR) is 78.0 cm³/mol. The fraction of sp³-hybridized carbons (Fsp3) is 0.571. The lowest BCUT2D eigenvalue weighted by molar-refractivity contribution is 0.852. The second kappa shape index (κ2) is 6.38. The molecule has 96 valence electrons. The smallest absolute Gasteiger partial charge is 0.0407 e. The third-order valence-corrected chi connectivity index (χ3v) is 3.18. The molecule has 1 aromatic carbocycles. The molecule has 0 radical (unpaired) electrons. The van der Waals surface area contributed by atoms with Crippen LogP contribution in [0.2, 0.25) is 0 Å². The van der Waals surface area contributed by atoms with Crippen molar-refractivity contribution in [2.24, 2.45) is 0 Å². The molecule has 3 nitrogen and oxygen atoms in total. The summed E-state index contributed by atoms with van der Waals surface area (Å²) in [6.07, 6.45) is 0. The van der Waals surface area contributed by atoms with E-state index in [2.05, 4.69) is 55.7 Å². The van der Waals surface area contributed by atoms with Gasteiger partial charge in [-0.1, -0.05) is 0 Å². The zero-order valence-corrected chi connectivity index (χ0v) is 11.5. The summed E-state index contributed by atoms with van der Waals surface area (Å²) >= 11 is 0. The average molecular weight is 235 g/mol. The van der Waals surface area contributed by atoms with Gasteiger partial charge in [-0.05, 0) is 45.9 Å². The Bertz CT molecular complexity index is 311. The molecule has 0 unspecified atom stereocenters. The Balaban J connectivity index is 3.08. The summed E-state index contributed by atoms with van der Waals surface area (Å²) in [5.74, 6) is 0. The first kappa shape index (κ1) is 13.7. The van der Waals surface area contributed by atoms with Crippen molar-refractivity contribution >= 4 is 17.1 Å².